The van der Waals surface area contributed by atoms with Crippen molar-refractivity contribution in [3.05, 3.63) is 199 Å². The van der Waals surface area contributed by atoms with E-state index in [1.165, 1.54) is 36.6 Å². The third kappa shape index (κ3) is 16.1. The normalized spacial score (nSPS) is 18.9. The standard InChI is InChI=1S/C29H30N8O.C28H28F2N8O.C28H29FN8O/c1-38-28-7-4-20(13-32-28)16-36-24-10-25(36)18-35(17-24)27-6-5-21(14-31-27)26-11-23(34-8-2-3-9-34)19-37-29(26)22(12-30)15-33-37;1-39-26-5-2-20(14-33-26)17-35-8-10-36(11-9-35)25-4-3-21(15-32-25)24-12-23(37-7-6-28(29,30)19-37)18-38-27(24)22(13-31)16-34-38;1-38-27-5-2-20(14-32-27)17-34-8-10-35(11-9-34)26-4-3-21(15-31-26)25-12-24(36-7-6-23(29)18-36)19-37-28(25)22(13-30)16-33-37/h4-7,11,13-15,19,24-25H,2-3,8-10,16-18H2,1H3;2-5,12,14-16,18H,6-11,17,19H2,1H3;2-5,12,14-16,19,23H,6-11,17-18H2,1H3. The summed E-state index contributed by atoms with van der Waals surface area (Å²) in [5.74, 6) is 2.00. The largest absolute Gasteiger partial charge is 0.481 e. The second kappa shape index (κ2) is 32.8. The van der Waals surface area contributed by atoms with Crippen molar-refractivity contribution in [3.63, 3.8) is 0 Å². The minimum absolute atomic E-state index is 0.177. The molecule has 20 heterocycles. The van der Waals surface area contributed by atoms with Gasteiger partial charge in [0.2, 0.25) is 17.6 Å². The number of fused-ring (bicyclic) bond motifs is 5. The van der Waals surface area contributed by atoms with Gasteiger partial charge in [0.15, 0.2) is 0 Å². The number of rotatable bonds is 18. The molecule has 0 spiro atoms. The fourth-order valence-electron chi connectivity index (χ4n) is 16.8. The van der Waals surface area contributed by atoms with E-state index >= 15 is 0 Å². The van der Waals surface area contributed by atoms with Gasteiger partial charge in [0, 0.05) is 225 Å². The Kier molecular flexibility index (Phi) is 21.4. The summed E-state index contributed by atoms with van der Waals surface area (Å²) < 4.78 is 62.4. The molecule has 8 aliphatic heterocycles. The van der Waals surface area contributed by atoms with Crippen LogP contribution in [0.15, 0.2) is 165 Å². The lowest BCUT2D eigenvalue weighted by molar-refractivity contribution is -0.00876. The van der Waals surface area contributed by atoms with Gasteiger partial charge in [0.1, 0.15) is 41.8 Å². The quantitative estimate of drug-likeness (QED) is 0.0773. The van der Waals surface area contributed by atoms with E-state index in [0.29, 0.717) is 77.1 Å². The van der Waals surface area contributed by atoms with Gasteiger partial charge in [-0.1, -0.05) is 18.2 Å². The Morgan fingerprint density at radius 1 is 0.417 bits per heavy atom. The number of alkyl halides is 3. The number of nitrogens with zero attached hydrogens (tertiary/aromatic N) is 24. The molecule has 3 atom stereocenters. The van der Waals surface area contributed by atoms with Crippen molar-refractivity contribution in [2.75, 3.05) is 155 Å². The van der Waals surface area contributed by atoms with Crippen molar-refractivity contribution < 1.29 is 27.4 Å². The summed E-state index contributed by atoms with van der Waals surface area (Å²) in [7, 11) is 4.88. The molecule has 3 unspecified atom stereocenters. The molecule has 0 radical (unpaired) electrons. The van der Waals surface area contributed by atoms with Crippen molar-refractivity contribution in [2.45, 2.75) is 75.9 Å². The first-order valence-electron chi connectivity index (χ1n) is 39.1. The molecule has 2 bridgehead atoms. The number of hydrogen-bond donors (Lipinski definition) is 0. The summed E-state index contributed by atoms with van der Waals surface area (Å²) in [5.41, 5.74) is 15.3. The number of hydrogen-bond acceptors (Lipinski definition) is 24. The van der Waals surface area contributed by atoms with Crippen molar-refractivity contribution in [2.24, 2.45) is 0 Å². The fraction of sp³-hybridized carbons (Fsp3) is 0.365. The molecule has 0 saturated carbocycles. The second-order valence-corrected chi connectivity index (χ2v) is 30.3. The van der Waals surface area contributed by atoms with Crippen LogP contribution in [-0.4, -0.2) is 224 Å². The smallest absolute Gasteiger partial charge is 0.266 e. The van der Waals surface area contributed by atoms with E-state index in [1.807, 2.05) is 113 Å². The van der Waals surface area contributed by atoms with Gasteiger partial charge in [0.25, 0.3) is 5.92 Å². The lowest BCUT2D eigenvalue weighted by Crippen LogP contribution is -2.68. The minimum Gasteiger partial charge on any atom is -0.481 e. The predicted octanol–water partition coefficient (Wildman–Crippen LogP) is 11.1. The maximum Gasteiger partial charge on any atom is 0.266 e. The molecule has 30 heteroatoms. The van der Waals surface area contributed by atoms with Gasteiger partial charge in [-0.25, -0.2) is 56.6 Å². The van der Waals surface area contributed by atoms with Crippen LogP contribution in [-0.2, 0) is 19.6 Å². The van der Waals surface area contributed by atoms with Crippen LogP contribution in [0.2, 0.25) is 0 Å². The highest BCUT2D eigenvalue weighted by Crippen LogP contribution is 2.41. The first-order chi connectivity index (χ1) is 56.2. The highest BCUT2D eigenvalue weighted by atomic mass is 19.3. The molecule has 8 fully saturated rings. The van der Waals surface area contributed by atoms with Crippen LogP contribution in [0.25, 0.3) is 49.9 Å². The molecule has 0 aromatic carbocycles. The third-order valence-electron chi connectivity index (χ3n) is 23.1. The van der Waals surface area contributed by atoms with Gasteiger partial charge in [-0.15, -0.1) is 0 Å². The summed E-state index contributed by atoms with van der Waals surface area (Å²) in [5, 5.41) is 42.2. The number of methoxy groups -OCH3 is 3. The maximum atomic E-state index is 13.9. The van der Waals surface area contributed by atoms with E-state index < -0.39 is 12.1 Å². The molecule has 115 heavy (non-hydrogen) atoms. The summed E-state index contributed by atoms with van der Waals surface area (Å²) in [4.78, 5) is 47.8. The van der Waals surface area contributed by atoms with Crippen molar-refractivity contribution >= 4 is 51.1 Å². The van der Waals surface area contributed by atoms with Crippen LogP contribution in [0, 0.1) is 34.0 Å². The van der Waals surface area contributed by atoms with Gasteiger partial charge in [0.05, 0.1) is 115 Å². The average molecular weight is 1550 g/mol. The number of anilines is 6. The number of aromatic nitrogens is 12. The van der Waals surface area contributed by atoms with Gasteiger partial charge < -0.3 is 43.6 Å². The second-order valence-electron chi connectivity index (χ2n) is 30.3. The Bertz CT molecular complexity index is 5540. The van der Waals surface area contributed by atoms with Crippen LogP contribution in [0.4, 0.5) is 47.7 Å². The van der Waals surface area contributed by atoms with Gasteiger partial charge >= 0.3 is 0 Å². The molecule has 20 rings (SSSR count). The van der Waals surface area contributed by atoms with Crippen LogP contribution in [0.5, 0.6) is 17.6 Å². The highest BCUT2D eigenvalue weighted by molar-refractivity contribution is 5.89. The average Bonchev–Trinajstić information content (AvgIpc) is 1.75. The first-order valence-corrected chi connectivity index (χ1v) is 39.1. The number of halogens is 3. The SMILES string of the molecule is COc1ccc(CN2C3CC2CN(c2ccc(-c4cc(N5CCCC5)cn5ncc(C#N)c45)cn2)C3)cn1.COc1ccc(CN2CCN(c3ccc(-c4cc(N5CCC(F)(F)C5)cn5ncc(C#N)c45)cn3)CC2)cn1.COc1ccc(CN2CCN(c3ccc(-c4cc(N5CCC(F)C5)cn5ncc(C#N)c45)cn3)CC2)cn1. The van der Waals surface area contributed by atoms with Gasteiger partial charge in [-0.05, 0) is 97.0 Å². The molecular formula is C85H87F3N24O3. The van der Waals surface area contributed by atoms with Gasteiger partial charge in [-0.2, -0.15) is 31.1 Å². The maximum absolute atomic E-state index is 13.9. The molecule has 8 saturated heterocycles. The summed E-state index contributed by atoms with van der Waals surface area (Å²) in [6.07, 6.45) is 24.8. The molecule has 8 aliphatic rings. The molecular weight excluding hydrogens is 1460 g/mol. The third-order valence-corrected chi connectivity index (χ3v) is 23.1. The molecule has 0 amide bonds. The number of piperidine rings is 1. The Balaban J connectivity index is 0.000000124. The van der Waals surface area contributed by atoms with E-state index in [-0.39, 0.29) is 19.5 Å². The number of pyridine rings is 9. The molecule has 12 aromatic heterocycles. The highest BCUT2D eigenvalue weighted by Gasteiger charge is 2.45. The molecule has 0 aliphatic carbocycles. The lowest BCUT2D eigenvalue weighted by Gasteiger charge is -2.56. The lowest BCUT2D eigenvalue weighted by atomic mass is 9.87. The van der Waals surface area contributed by atoms with Gasteiger partial charge in [-0.3, -0.25) is 14.7 Å². The van der Waals surface area contributed by atoms with Crippen LogP contribution < -0.4 is 43.6 Å². The van der Waals surface area contributed by atoms with E-state index in [2.05, 4.69) is 113 Å². The Labute approximate surface area is 663 Å². The Hall–Kier alpha value is -12.7. The van der Waals surface area contributed by atoms with Crippen LogP contribution >= 0.6 is 0 Å². The van der Waals surface area contributed by atoms with E-state index in [0.717, 1.165) is 177 Å². The minimum atomic E-state index is -2.71. The summed E-state index contributed by atoms with van der Waals surface area (Å²) in [6, 6.07) is 38.1. The topological polar surface area (TPSA) is 257 Å². The molecule has 0 N–H and O–H groups in total. The van der Waals surface area contributed by atoms with Crippen molar-refractivity contribution in [3.8, 4) is 69.2 Å². The zero-order chi connectivity index (χ0) is 78.7. The number of nitriles is 3. The van der Waals surface area contributed by atoms with E-state index in [1.54, 1.807) is 60.0 Å². The van der Waals surface area contributed by atoms with Crippen LogP contribution in [0.1, 0.15) is 65.5 Å². The predicted molar refractivity (Wildman–Crippen MR) is 432 cm³/mol. The van der Waals surface area contributed by atoms with Crippen LogP contribution in [0.3, 0.4) is 0 Å². The zero-order valence-corrected chi connectivity index (χ0v) is 64.4. The fourth-order valence-corrected chi connectivity index (χ4v) is 16.8. The molecule has 12 aromatic rings. The van der Waals surface area contributed by atoms with Crippen molar-refractivity contribution in [1.82, 2.24) is 73.4 Å². The zero-order valence-electron chi connectivity index (χ0n) is 64.4. The Morgan fingerprint density at radius 3 is 1.18 bits per heavy atom. The van der Waals surface area contributed by atoms with E-state index in [4.69, 9.17) is 29.2 Å². The Morgan fingerprint density at radius 2 is 0.826 bits per heavy atom. The monoisotopic (exact) mass is 1550 g/mol. The van der Waals surface area contributed by atoms with Crippen molar-refractivity contribution in [1.29, 1.82) is 15.8 Å². The summed E-state index contributed by atoms with van der Waals surface area (Å²) >= 11 is 0. The molecule has 27 nitrogen and oxygen atoms in total. The summed E-state index contributed by atoms with van der Waals surface area (Å²) in [6.45, 7) is 14.8. The number of piperazine rings is 3. The first kappa shape index (κ1) is 75.0. The van der Waals surface area contributed by atoms with E-state index in [9.17, 15) is 29.0 Å². The molecule has 586 valence electrons. The number of ether oxygens (including phenoxy) is 3.